The average molecular weight is 262 g/mol. The van der Waals surface area contributed by atoms with Crippen molar-refractivity contribution < 1.29 is 0 Å². The van der Waals surface area contributed by atoms with Gasteiger partial charge in [-0.3, -0.25) is 0 Å². The van der Waals surface area contributed by atoms with E-state index in [0.717, 1.165) is 5.56 Å². The molecular weight excluding hydrogens is 232 g/mol. The first-order valence-corrected chi connectivity index (χ1v) is 10.7. The van der Waals surface area contributed by atoms with Crippen molar-refractivity contribution in [3.63, 3.8) is 0 Å². The van der Waals surface area contributed by atoms with Gasteiger partial charge in [0.2, 0.25) is 0 Å². The smallest absolute Gasteiger partial charge is 0.0654 e. The first kappa shape index (κ1) is 15.5. The third kappa shape index (κ3) is 5.39. The van der Waals surface area contributed by atoms with Gasteiger partial charge in [0, 0.05) is 0 Å². The topological polar surface area (TPSA) is 0 Å². The fourth-order valence-electron chi connectivity index (χ4n) is 2.45. The zero-order valence-electron chi connectivity index (χ0n) is 12.5. The lowest BCUT2D eigenvalue weighted by molar-refractivity contribution is 0.623. The van der Waals surface area contributed by atoms with Gasteiger partial charge in [-0.2, -0.15) is 0 Å². The lowest BCUT2D eigenvalue weighted by Gasteiger charge is -2.23. The minimum absolute atomic E-state index is 1.13. The normalized spacial score (nSPS) is 11.8. The van der Waals surface area contributed by atoms with E-state index in [9.17, 15) is 0 Å². The summed E-state index contributed by atoms with van der Waals surface area (Å²) in [6.45, 7) is 11.2. The highest BCUT2D eigenvalue weighted by Crippen LogP contribution is 2.16. The third-order valence-corrected chi connectivity index (χ3v) is 7.39. The van der Waals surface area contributed by atoms with Crippen LogP contribution in [0.25, 0.3) is 0 Å². The second-order valence-electron chi connectivity index (χ2n) is 6.10. The maximum Gasteiger partial charge on any atom is 0.0806 e. The predicted molar refractivity (Wildman–Crippen MR) is 86.2 cm³/mol. The molecule has 0 atom stereocenters. The molecule has 0 spiro atoms. The molecule has 0 N–H and O–H groups in total. The fourth-order valence-corrected chi connectivity index (χ4v) is 4.94. The van der Waals surface area contributed by atoms with E-state index >= 15 is 0 Å². The summed E-state index contributed by atoms with van der Waals surface area (Å²) in [4.78, 5) is 0. The van der Waals surface area contributed by atoms with Crippen molar-refractivity contribution in [2.24, 2.45) is 0 Å². The fraction of sp³-hybridized carbons (Fsp3) is 0.588. The Kier molecular flexibility index (Phi) is 6.70. The van der Waals surface area contributed by atoms with E-state index in [0.29, 0.717) is 0 Å². The Morgan fingerprint density at radius 2 is 1.44 bits per heavy atom. The van der Waals surface area contributed by atoms with Crippen LogP contribution >= 0.6 is 0 Å². The summed E-state index contributed by atoms with van der Waals surface area (Å²) in [6.07, 6.45) is 8.44. The van der Waals surface area contributed by atoms with Crippen LogP contribution in [0.2, 0.25) is 19.1 Å². The van der Waals surface area contributed by atoms with Gasteiger partial charge in [-0.1, -0.05) is 94.0 Å². The summed E-state index contributed by atoms with van der Waals surface area (Å²) in [7, 11) is -1.20. The van der Waals surface area contributed by atoms with Gasteiger partial charge in [0.05, 0.1) is 8.07 Å². The molecule has 1 rings (SSSR count). The Balaban J connectivity index is 2.33. The minimum Gasteiger partial charge on any atom is -0.0654 e. The van der Waals surface area contributed by atoms with Crippen molar-refractivity contribution in [2.75, 3.05) is 0 Å². The molecule has 0 amide bonds. The lowest BCUT2D eigenvalue weighted by Crippen LogP contribution is -2.40. The van der Waals surface area contributed by atoms with E-state index in [1.54, 1.807) is 5.19 Å². The van der Waals surface area contributed by atoms with Gasteiger partial charge < -0.3 is 0 Å². The van der Waals surface area contributed by atoms with Gasteiger partial charge in [0.1, 0.15) is 0 Å². The highest BCUT2D eigenvalue weighted by molar-refractivity contribution is 6.89. The van der Waals surface area contributed by atoms with Crippen LogP contribution in [0.1, 0.15) is 51.0 Å². The van der Waals surface area contributed by atoms with Gasteiger partial charge >= 0.3 is 0 Å². The van der Waals surface area contributed by atoms with E-state index in [4.69, 9.17) is 0 Å². The van der Waals surface area contributed by atoms with Crippen LogP contribution in [0.4, 0.5) is 0 Å². The number of benzene rings is 1. The largest absolute Gasteiger partial charge is 0.0806 e. The molecule has 0 bridgehead atoms. The molecule has 0 unspecified atom stereocenters. The Morgan fingerprint density at radius 1 is 0.889 bits per heavy atom. The maximum absolute atomic E-state index is 3.96. The summed E-state index contributed by atoms with van der Waals surface area (Å²) in [5.41, 5.74) is 1.13. The van der Waals surface area contributed by atoms with Crippen molar-refractivity contribution in [1.82, 2.24) is 0 Å². The van der Waals surface area contributed by atoms with Crippen LogP contribution in [0.5, 0.6) is 0 Å². The zero-order chi connectivity index (χ0) is 13.4. The molecular formula is C17H29Si. The molecule has 0 fully saturated rings. The van der Waals surface area contributed by atoms with Crippen molar-refractivity contribution in [1.29, 1.82) is 0 Å². The monoisotopic (exact) mass is 261 g/mol. The van der Waals surface area contributed by atoms with Crippen LogP contribution in [-0.4, -0.2) is 8.07 Å². The maximum atomic E-state index is 3.96. The third-order valence-electron chi connectivity index (χ3n) is 3.89. The summed E-state index contributed by atoms with van der Waals surface area (Å²) in [6, 6.07) is 10.3. The Morgan fingerprint density at radius 3 is 2.06 bits per heavy atom. The van der Waals surface area contributed by atoms with Crippen LogP contribution in [0.3, 0.4) is 0 Å². The van der Waals surface area contributed by atoms with E-state index < -0.39 is 8.07 Å². The minimum atomic E-state index is -1.20. The first-order chi connectivity index (χ1) is 8.56. The zero-order valence-corrected chi connectivity index (χ0v) is 13.5. The highest BCUT2D eigenvalue weighted by atomic mass is 28.3. The SMILES string of the molecule is [CH2]c1ccc([Si](C)(C)CCCCCCCC)cc1. The van der Waals surface area contributed by atoms with Gasteiger partial charge in [-0.05, 0) is 12.5 Å². The molecule has 0 saturated carbocycles. The van der Waals surface area contributed by atoms with Crippen molar-refractivity contribution >= 4 is 13.3 Å². The van der Waals surface area contributed by atoms with E-state index in [-0.39, 0.29) is 0 Å². The Hall–Kier alpha value is -0.563. The number of hydrogen-bond acceptors (Lipinski definition) is 0. The molecule has 0 aliphatic heterocycles. The van der Waals surface area contributed by atoms with Gasteiger partial charge in [-0.15, -0.1) is 0 Å². The summed E-state index contributed by atoms with van der Waals surface area (Å²) in [5, 5.41) is 1.59. The molecule has 18 heavy (non-hydrogen) atoms. The summed E-state index contributed by atoms with van der Waals surface area (Å²) < 4.78 is 0. The molecule has 0 nitrogen and oxygen atoms in total. The van der Waals surface area contributed by atoms with E-state index in [1.165, 1.54) is 44.6 Å². The van der Waals surface area contributed by atoms with Gasteiger partial charge in [-0.25, -0.2) is 0 Å². The number of unbranched alkanes of at least 4 members (excludes halogenated alkanes) is 5. The second kappa shape index (κ2) is 7.78. The number of hydrogen-bond donors (Lipinski definition) is 0. The van der Waals surface area contributed by atoms with Gasteiger partial charge in [0.25, 0.3) is 0 Å². The summed E-state index contributed by atoms with van der Waals surface area (Å²) >= 11 is 0. The average Bonchev–Trinajstić information content (AvgIpc) is 2.34. The molecule has 0 aliphatic rings. The first-order valence-electron chi connectivity index (χ1n) is 7.49. The molecule has 0 aromatic heterocycles. The van der Waals surface area contributed by atoms with Crippen LogP contribution < -0.4 is 5.19 Å². The molecule has 1 heteroatoms. The lowest BCUT2D eigenvalue weighted by atomic mass is 10.1. The Labute approximate surface area is 115 Å². The van der Waals surface area contributed by atoms with E-state index in [2.05, 4.69) is 51.2 Å². The second-order valence-corrected chi connectivity index (χ2v) is 10.9. The molecule has 0 heterocycles. The summed E-state index contributed by atoms with van der Waals surface area (Å²) in [5.74, 6) is 0. The quantitative estimate of drug-likeness (QED) is 0.449. The van der Waals surface area contributed by atoms with E-state index in [1.807, 2.05) is 0 Å². The molecule has 1 aromatic rings. The standard InChI is InChI=1S/C17H29Si/c1-5-6-7-8-9-10-15-18(3,4)17-13-11-16(2)12-14-17/h11-14H,2,5-10,15H2,1,3-4H3. The Bertz CT molecular complexity index is 324. The highest BCUT2D eigenvalue weighted by Gasteiger charge is 2.22. The predicted octanol–water partition coefficient (Wildman–Crippen LogP) is 5.14. The van der Waals surface area contributed by atoms with Gasteiger partial charge in [0.15, 0.2) is 0 Å². The molecule has 0 aliphatic carbocycles. The molecule has 101 valence electrons. The van der Waals surface area contributed by atoms with Crippen LogP contribution in [0.15, 0.2) is 24.3 Å². The van der Waals surface area contributed by atoms with Crippen LogP contribution in [0, 0.1) is 6.92 Å². The van der Waals surface area contributed by atoms with Crippen LogP contribution in [-0.2, 0) is 0 Å². The van der Waals surface area contributed by atoms with Crippen molar-refractivity contribution in [3.05, 3.63) is 36.8 Å². The van der Waals surface area contributed by atoms with Crippen molar-refractivity contribution in [3.8, 4) is 0 Å². The molecule has 1 aromatic carbocycles. The molecule has 1 radical (unpaired) electrons. The van der Waals surface area contributed by atoms with Crippen molar-refractivity contribution in [2.45, 2.75) is 64.6 Å². The number of rotatable bonds is 8. The molecule has 0 saturated heterocycles.